The summed E-state index contributed by atoms with van der Waals surface area (Å²) >= 11 is 0. The number of aromatic nitrogens is 7. The zero-order valence-electron chi connectivity index (χ0n) is 49.4. The van der Waals surface area contributed by atoms with Crippen LogP contribution >= 0.6 is 0 Å². The first-order chi connectivity index (χ1) is 45.1. The van der Waals surface area contributed by atoms with E-state index in [9.17, 15) is 0 Å². The van der Waals surface area contributed by atoms with E-state index in [1.807, 2.05) is 121 Å². The Balaban J connectivity index is 0.990. The smallest absolute Gasteiger partial charge is 0.164 e. The first kappa shape index (κ1) is 54.1. The van der Waals surface area contributed by atoms with Crippen LogP contribution in [0.25, 0.3) is 163 Å². The number of benzene rings is 13. The van der Waals surface area contributed by atoms with Gasteiger partial charge in [0.25, 0.3) is 0 Å². The van der Waals surface area contributed by atoms with E-state index in [1.165, 1.54) is 0 Å². The summed E-state index contributed by atoms with van der Waals surface area (Å²) in [7, 11) is 0. The van der Waals surface area contributed by atoms with Gasteiger partial charge in [0.15, 0.2) is 34.9 Å². The highest BCUT2D eigenvalue weighted by atomic mass is 15.0. The van der Waals surface area contributed by atoms with Crippen molar-refractivity contribution in [1.29, 1.82) is 0 Å². The average molecular weight is 1160 g/mol. The van der Waals surface area contributed by atoms with Gasteiger partial charge in [-0.05, 0) is 86.0 Å². The molecule has 0 spiro atoms. The van der Waals surface area contributed by atoms with E-state index in [0.717, 1.165) is 128 Å². The molecular weight excluding hydrogens is 1110 g/mol. The molecule has 0 N–H and O–H groups in total. The van der Waals surface area contributed by atoms with Crippen LogP contribution in [0.5, 0.6) is 0 Å². The molecule has 0 aliphatic heterocycles. The lowest BCUT2D eigenvalue weighted by Gasteiger charge is -2.26. The van der Waals surface area contributed by atoms with E-state index in [0.29, 0.717) is 34.9 Å². The molecule has 16 aromatic rings. The maximum absolute atomic E-state index is 5.18. The molecule has 0 fully saturated rings. The average Bonchev–Trinajstić information content (AvgIpc) is 1.65. The third-order valence-corrected chi connectivity index (χ3v) is 16.9. The molecule has 13 aromatic carbocycles. The molecule has 0 aliphatic rings. The Hall–Kier alpha value is -12.3. The van der Waals surface area contributed by atoms with Crippen molar-refractivity contribution in [2.45, 2.75) is 0 Å². The molecule has 426 valence electrons. The Morgan fingerprint density at radius 1 is 0.176 bits per heavy atom. The van der Waals surface area contributed by atoms with E-state index >= 15 is 0 Å². The topological polar surface area (TPSA) is 82.3 Å². The van der Waals surface area contributed by atoms with Crippen molar-refractivity contribution in [2.75, 3.05) is 0 Å². The Morgan fingerprint density at radius 3 is 0.670 bits per heavy atom. The molecule has 0 saturated carbocycles. The van der Waals surface area contributed by atoms with E-state index in [2.05, 4.69) is 217 Å². The van der Waals surface area contributed by atoms with E-state index < -0.39 is 0 Å². The van der Waals surface area contributed by atoms with Crippen molar-refractivity contribution >= 4 is 21.8 Å². The minimum absolute atomic E-state index is 0.582. The standard InChI is InChI=1S/C84H55N7/c1-9-25-56(26-10-1)68-49-51-74-72(53-68)73-54-69(57-27-11-2-12-28-57)50-52-75(73)91(74)78-76(60-41-45-66(46-42-60)83-87-79(62-33-17-5-18-34-62)85-80(88-83)63-35-19-6-20-36-63)70(58-29-13-3-14-30-58)55-71(59-31-15-4-16-32-59)77(78)61-43-47-67(48-44-61)84-89-81(64-37-21-7-22-38-64)86-82(90-84)65-39-23-8-24-40-65/h1-55H. The molecule has 3 heterocycles. The van der Waals surface area contributed by atoms with Crippen molar-refractivity contribution in [1.82, 2.24) is 34.5 Å². The van der Waals surface area contributed by atoms with Gasteiger partial charge in [0.2, 0.25) is 0 Å². The predicted molar refractivity (Wildman–Crippen MR) is 373 cm³/mol. The Labute approximate surface area is 527 Å². The van der Waals surface area contributed by atoms with Gasteiger partial charge in [-0.15, -0.1) is 0 Å². The van der Waals surface area contributed by atoms with Gasteiger partial charge >= 0.3 is 0 Å². The van der Waals surface area contributed by atoms with Gasteiger partial charge in [0.1, 0.15) is 0 Å². The summed E-state index contributed by atoms with van der Waals surface area (Å²) < 4.78 is 2.54. The van der Waals surface area contributed by atoms with Crippen LogP contribution in [0.3, 0.4) is 0 Å². The molecule has 0 saturated heterocycles. The molecule has 0 aliphatic carbocycles. The summed E-state index contributed by atoms with van der Waals surface area (Å²) in [6.07, 6.45) is 0. The first-order valence-electron chi connectivity index (χ1n) is 30.6. The van der Waals surface area contributed by atoms with Gasteiger partial charge < -0.3 is 4.57 Å². The van der Waals surface area contributed by atoms with E-state index in [-0.39, 0.29) is 0 Å². The summed E-state index contributed by atoms with van der Waals surface area (Å²) in [5.74, 6) is 3.59. The maximum atomic E-state index is 5.18. The van der Waals surface area contributed by atoms with Crippen LogP contribution in [-0.2, 0) is 0 Å². The summed E-state index contributed by atoms with van der Waals surface area (Å²) in [6, 6.07) is 118. The Morgan fingerprint density at radius 2 is 0.396 bits per heavy atom. The van der Waals surface area contributed by atoms with Crippen LogP contribution in [0.15, 0.2) is 334 Å². The zero-order valence-corrected chi connectivity index (χ0v) is 49.4. The molecule has 0 unspecified atom stereocenters. The molecule has 7 nitrogen and oxygen atoms in total. The van der Waals surface area contributed by atoms with E-state index in [4.69, 9.17) is 29.9 Å². The SMILES string of the molecule is c1ccc(-c2ccc3c(c2)c2cc(-c4ccccc4)ccc2n3-c2c(-c3ccc(-c4nc(-c5ccccc5)nc(-c5ccccc5)n4)cc3)c(-c3ccccc3)cc(-c3ccccc3)c2-c2ccc(-c3nc(-c4ccccc4)nc(-c4ccccc4)n3)cc2)cc1. The maximum Gasteiger partial charge on any atom is 0.164 e. The number of hydrogen-bond acceptors (Lipinski definition) is 6. The second-order valence-corrected chi connectivity index (χ2v) is 22.6. The van der Waals surface area contributed by atoms with Crippen molar-refractivity contribution in [3.8, 4) is 141 Å². The lowest BCUT2D eigenvalue weighted by Crippen LogP contribution is -2.05. The monoisotopic (exact) mass is 1160 g/mol. The third kappa shape index (κ3) is 10.5. The lowest BCUT2D eigenvalue weighted by molar-refractivity contribution is 1.07. The van der Waals surface area contributed by atoms with Crippen molar-refractivity contribution in [3.05, 3.63) is 334 Å². The molecule has 16 rings (SSSR count). The highest BCUT2D eigenvalue weighted by Crippen LogP contribution is 2.51. The van der Waals surface area contributed by atoms with Gasteiger partial charge in [0, 0.05) is 55.3 Å². The third-order valence-electron chi connectivity index (χ3n) is 16.9. The summed E-state index contributed by atoms with van der Waals surface area (Å²) in [4.78, 5) is 30.8. The Kier molecular flexibility index (Phi) is 14.1. The first-order valence-corrected chi connectivity index (χ1v) is 30.6. The van der Waals surface area contributed by atoms with Crippen LogP contribution in [0.4, 0.5) is 0 Å². The fraction of sp³-hybridized carbons (Fsp3) is 0. The van der Waals surface area contributed by atoms with Gasteiger partial charge in [-0.25, -0.2) is 29.9 Å². The highest BCUT2D eigenvalue weighted by molar-refractivity contribution is 6.14. The van der Waals surface area contributed by atoms with Crippen molar-refractivity contribution < 1.29 is 0 Å². The summed E-state index contributed by atoms with van der Waals surface area (Å²) in [5, 5.41) is 2.28. The number of nitrogens with zero attached hydrogens (tertiary/aromatic N) is 7. The van der Waals surface area contributed by atoms with Crippen LogP contribution in [0.1, 0.15) is 0 Å². The fourth-order valence-electron chi connectivity index (χ4n) is 12.5. The number of fused-ring (bicyclic) bond motifs is 3. The van der Waals surface area contributed by atoms with Crippen LogP contribution in [0.2, 0.25) is 0 Å². The minimum atomic E-state index is 0.582. The number of rotatable bonds is 13. The molecule has 0 radical (unpaired) electrons. The molecule has 7 heteroatoms. The van der Waals surface area contributed by atoms with E-state index in [1.54, 1.807) is 0 Å². The van der Waals surface area contributed by atoms with Gasteiger partial charge in [-0.2, -0.15) is 0 Å². The second-order valence-electron chi connectivity index (χ2n) is 22.6. The second kappa shape index (κ2) is 23.7. The lowest BCUT2D eigenvalue weighted by atomic mass is 9.83. The van der Waals surface area contributed by atoms with Gasteiger partial charge in [0.05, 0.1) is 16.7 Å². The molecule has 91 heavy (non-hydrogen) atoms. The van der Waals surface area contributed by atoms with Gasteiger partial charge in [-0.1, -0.05) is 303 Å². The van der Waals surface area contributed by atoms with Crippen LogP contribution < -0.4 is 0 Å². The fourth-order valence-corrected chi connectivity index (χ4v) is 12.5. The summed E-state index contributed by atoms with van der Waals surface area (Å²) in [5.41, 5.74) is 21.6. The zero-order chi connectivity index (χ0) is 60.5. The largest absolute Gasteiger partial charge is 0.308 e. The summed E-state index contributed by atoms with van der Waals surface area (Å²) in [6.45, 7) is 0. The quantitative estimate of drug-likeness (QED) is 0.114. The molecule has 3 aromatic heterocycles. The predicted octanol–water partition coefficient (Wildman–Crippen LogP) is 21.2. The molecule has 0 bridgehead atoms. The molecular formula is C84H55N7. The molecule has 0 atom stereocenters. The van der Waals surface area contributed by atoms with Crippen molar-refractivity contribution in [2.24, 2.45) is 0 Å². The highest BCUT2D eigenvalue weighted by Gasteiger charge is 2.28. The minimum Gasteiger partial charge on any atom is -0.308 e. The van der Waals surface area contributed by atoms with Crippen molar-refractivity contribution in [3.63, 3.8) is 0 Å². The number of hydrogen-bond donors (Lipinski definition) is 0. The van der Waals surface area contributed by atoms with Gasteiger partial charge in [-0.3, -0.25) is 0 Å². The van der Waals surface area contributed by atoms with Crippen LogP contribution in [-0.4, -0.2) is 34.5 Å². The normalized spacial score (nSPS) is 11.3. The van der Waals surface area contributed by atoms with Crippen LogP contribution in [0, 0.1) is 0 Å². The Bertz CT molecular complexity index is 4820. The molecule has 0 amide bonds.